The maximum Gasteiger partial charge on any atom is 0.343 e. The summed E-state index contributed by atoms with van der Waals surface area (Å²) in [6, 6.07) is 20.1. The number of carbonyl (C=O) groups is 2. The molecule has 8 heteroatoms. The standard InChI is InChI=1S/C25H21N3O5/c1-28-24(30)21-6-4-3-5-20(21)22(27-28)15-23(29)26-17-9-13-19(14-10-17)33-25(31)16-7-11-18(32-2)12-8-16/h3-14H,15H2,1-2H3,(H,26,29). The molecule has 0 aliphatic carbocycles. The van der Waals surface area contributed by atoms with Gasteiger partial charge < -0.3 is 14.8 Å². The molecule has 166 valence electrons. The number of benzene rings is 3. The van der Waals surface area contributed by atoms with Crippen LogP contribution in [-0.2, 0) is 18.3 Å². The Bertz CT molecular complexity index is 1380. The zero-order valence-electron chi connectivity index (χ0n) is 18.1. The molecular weight excluding hydrogens is 422 g/mol. The number of esters is 1. The van der Waals surface area contributed by atoms with Crippen molar-refractivity contribution < 1.29 is 19.1 Å². The lowest BCUT2D eigenvalue weighted by Gasteiger charge is -2.10. The Balaban J connectivity index is 1.41. The molecule has 0 fully saturated rings. The predicted octanol–water partition coefficient (Wildman–Crippen LogP) is 3.34. The summed E-state index contributed by atoms with van der Waals surface area (Å²) in [6.07, 6.45) is 0.00282. The minimum atomic E-state index is -0.498. The van der Waals surface area contributed by atoms with Gasteiger partial charge in [-0.25, -0.2) is 9.48 Å². The van der Waals surface area contributed by atoms with E-state index in [0.717, 1.165) is 0 Å². The Labute approximate surface area is 189 Å². The van der Waals surface area contributed by atoms with E-state index in [1.165, 1.54) is 4.68 Å². The molecule has 0 saturated heterocycles. The van der Waals surface area contributed by atoms with Crippen LogP contribution in [0.4, 0.5) is 5.69 Å². The van der Waals surface area contributed by atoms with Gasteiger partial charge in [0.05, 0.1) is 30.2 Å². The van der Waals surface area contributed by atoms with Crippen molar-refractivity contribution in [2.75, 3.05) is 12.4 Å². The van der Waals surface area contributed by atoms with Crippen LogP contribution in [0.1, 0.15) is 16.1 Å². The van der Waals surface area contributed by atoms with Crippen LogP contribution in [0.25, 0.3) is 10.8 Å². The summed E-state index contributed by atoms with van der Waals surface area (Å²) in [5, 5.41) is 8.20. The van der Waals surface area contributed by atoms with Crippen molar-refractivity contribution in [3.8, 4) is 11.5 Å². The summed E-state index contributed by atoms with van der Waals surface area (Å²) >= 11 is 0. The lowest BCUT2D eigenvalue weighted by molar-refractivity contribution is -0.115. The van der Waals surface area contributed by atoms with Gasteiger partial charge in [0.25, 0.3) is 5.56 Å². The van der Waals surface area contributed by atoms with Crippen molar-refractivity contribution in [1.29, 1.82) is 0 Å². The molecule has 0 unspecified atom stereocenters. The van der Waals surface area contributed by atoms with E-state index < -0.39 is 5.97 Å². The minimum Gasteiger partial charge on any atom is -0.497 e. The zero-order valence-corrected chi connectivity index (χ0v) is 18.1. The first-order valence-corrected chi connectivity index (χ1v) is 10.2. The fraction of sp³-hybridized carbons (Fsp3) is 0.120. The molecule has 1 N–H and O–H groups in total. The third-order valence-corrected chi connectivity index (χ3v) is 5.04. The van der Waals surface area contributed by atoms with Crippen LogP contribution in [0.2, 0.25) is 0 Å². The third-order valence-electron chi connectivity index (χ3n) is 5.04. The molecule has 1 amide bonds. The van der Waals surface area contributed by atoms with E-state index in [2.05, 4.69) is 10.4 Å². The van der Waals surface area contributed by atoms with Crippen LogP contribution in [0.15, 0.2) is 77.6 Å². The number of ether oxygens (including phenoxy) is 2. The number of hydrogen-bond donors (Lipinski definition) is 1. The smallest absolute Gasteiger partial charge is 0.343 e. The van der Waals surface area contributed by atoms with Crippen molar-refractivity contribution in [3.05, 3.63) is 94.4 Å². The number of methoxy groups -OCH3 is 1. The number of fused-ring (bicyclic) bond motifs is 1. The number of carbonyl (C=O) groups excluding carboxylic acids is 2. The molecule has 0 atom stereocenters. The number of anilines is 1. The number of nitrogens with zero attached hydrogens (tertiary/aromatic N) is 2. The van der Waals surface area contributed by atoms with Gasteiger partial charge in [0.1, 0.15) is 11.5 Å². The number of rotatable bonds is 6. The van der Waals surface area contributed by atoms with E-state index in [9.17, 15) is 14.4 Å². The van der Waals surface area contributed by atoms with Crippen molar-refractivity contribution in [2.24, 2.45) is 7.05 Å². The fourth-order valence-electron chi connectivity index (χ4n) is 3.36. The maximum atomic E-state index is 12.6. The Morgan fingerprint density at radius 2 is 1.55 bits per heavy atom. The van der Waals surface area contributed by atoms with E-state index in [-0.39, 0.29) is 17.9 Å². The first-order chi connectivity index (χ1) is 15.9. The van der Waals surface area contributed by atoms with Crippen LogP contribution < -0.4 is 20.3 Å². The average Bonchev–Trinajstić information content (AvgIpc) is 2.83. The van der Waals surface area contributed by atoms with Gasteiger partial charge in [0.2, 0.25) is 5.91 Å². The van der Waals surface area contributed by atoms with E-state index in [0.29, 0.717) is 39.2 Å². The van der Waals surface area contributed by atoms with Crippen molar-refractivity contribution in [1.82, 2.24) is 9.78 Å². The lowest BCUT2D eigenvalue weighted by atomic mass is 10.1. The summed E-state index contributed by atoms with van der Waals surface area (Å²) in [6.45, 7) is 0. The topological polar surface area (TPSA) is 99.5 Å². The van der Waals surface area contributed by atoms with Gasteiger partial charge in [-0.3, -0.25) is 9.59 Å². The summed E-state index contributed by atoms with van der Waals surface area (Å²) < 4.78 is 11.7. The number of aryl methyl sites for hydroxylation is 1. The predicted molar refractivity (Wildman–Crippen MR) is 124 cm³/mol. The lowest BCUT2D eigenvalue weighted by Crippen LogP contribution is -2.24. The highest BCUT2D eigenvalue weighted by atomic mass is 16.5. The molecule has 33 heavy (non-hydrogen) atoms. The van der Waals surface area contributed by atoms with Crippen molar-refractivity contribution in [2.45, 2.75) is 6.42 Å². The number of amides is 1. The summed E-state index contributed by atoms with van der Waals surface area (Å²) in [4.78, 5) is 37.1. The molecule has 0 aliphatic heterocycles. The minimum absolute atomic E-state index is 0.00282. The molecule has 0 bridgehead atoms. The highest BCUT2D eigenvalue weighted by Crippen LogP contribution is 2.19. The van der Waals surface area contributed by atoms with Gasteiger partial charge in [-0.1, -0.05) is 18.2 Å². The normalized spacial score (nSPS) is 10.6. The molecule has 8 nitrogen and oxygen atoms in total. The van der Waals surface area contributed by atoms with Crippen molar-refractivity contribution in [3.63, 3.8) is 0 Å². The molecule has 0 radical (unpaired) electrons. The van der Waals surface area contributed by atoms with Crippen LogP contribution in [0.3, 0.4) is 0 Å². The molecule has 4 rings (SSSR count). The second-order valence-electron chi connectivity index (χ2n) is 7.29. The second-order valence-corrected chi connectivity index (χ2v) is 7.29. The number of aromatic nitrogens is 2. The van der Waals surface area contributed by atoms with Gasteiger partial charge in [0, 0.05) is 18.1 Å². The van der Waals surface area contributed by atoms with Crippen LogP contribution in [-0.4, -0.2) is 28.8 Å². The van der Waals surface area contributed by atoms with E-state index in [1.54, 1.807) is 87.0 Å². The van der Waals surface area contributed by atoms with Gasteiger partial charge in [-0.05, 0) is 54.6 Å². The zero-order chi connectivity index (χ0) is 23.4. The quantitative estimate of drug-likeness (QED) is 0.362. The monoisotopic (exact) mass is 443 g/mol. The summed E-state index contributed by atoms with van der Waals surface area (Å²) in [5.41, 5.74) is 1.23. The highest BCUT2D eigenvalue weighted by Gasteiger charge is 2.13. The first kappa shape index (κ1) is 21.8. The molecule has 3 aromatic carbocycles. The summed E-state index contributed by atoms with van der Waals surface area (Å²) in [5.74, 6) is 0.212. The fourth-order valence-corrected chi connectivity index (χ4v) is 3.36. The molecule has 1 heterocycles. The molecule has 0 saturated carbocycles. The van der Waals surface area contributed by atoms with Crippen LogP contribution in [0, 0.1) is 0 Å². The molecule has 4 aromatic rings. The van der Waals surface area contributed by atoms with Crippen molar-refractivity contribution >= 4 is 28.3 Å². The Hall–Kier alpha value is -4.46. The summed E-state index contributed by atoms with van der Waals surface area (Å²) in [7, 11) is 3.11. The SMILES string of the molecule is COc1ccc(C(=O)Oc2ccc(NC(=O)Cc3nn(C)c(=O)c4ccccc34)cc2)cc1. The van der Waals surface area contributed by atoms with Gasteiger partial charge in [0.15, 0.2) is 0 Å². The maximum absolute atomic E-state index is 12.6. The van der Waals surface area contributed by atoms with E-state index in [4.69, 9.17) is 9.47 Å². The molecule has 1 aromatic heterocycles. The number of nitrogens with one attached hydrogen (secondary N) is 1. The third kappa shape index (κ3) is 4.90. The van der Waals surface area contributed by atoms with Crippen LogP contribution in [0.5, 0.6) is 11.5 Å². The van der Waals surface area contributed by atoms with Crippen LogP contribution >= 0.6 is 0 Å². The Kier molecular flexibility index (Phi) is 6.17. The van der Waals surface area contributed by atoms with E-state index >= 15 is 0 Å². The Morgan fingerprint density at radius 1 is 0.909 bits per heavy atom. The van der Waals surface area contributed by atoms with Gasteiger partial charge in [-0.2, -0.15) is 5.10 Å². The second kappa shape index (κ2) is 9.35. The molecule has 0 aliphatic rings. The Morgan fingerprint density at radius 3 is 2.21 bits per heavy atom. The van der Waals surface area contributed by atoms with Gasteiger partial charge >= 0.3 is 5.97 Å². The van der Waals surface area contributed by atoms with E-state index in [1.807, 2.05) is 0 Å². The first-order valence-electron chi connectivity index (χ1n) is 10.2. The largest absolute Gasteiger partial charge is 0.497 e. The number of hydrogen-bond acceptors (Lipinski definition) is 6. The average molecular weight is 443 g/mol. The molecular formula is C25H21N3O5. The highest BCUT2D eigenvalue weighted by molar-refractivity contribution is 5.95. The molecule has 0 spiro atoms. The van der Waals surface area contributed by atoms with Gasteiger partial charge in [-0.15, -0.1) is 0 Å².